The van der Waals surface area contributed by atoms with E-state index in [2.05, 4.69) is 5.32 Å². The van der Waals surface area contributed by atoms with Crippen LogP contribution in [0.15, 0.2) is 66.0 Å². The Morgan fingerprint density at radius 1 is 1.09 bits per heavy atom. The van der Waals surface area contributed by atoms with Crippen LogP contribution in [0.1, 0.15) is 27.6 Å². The summed E-state index contributed by atoms with van der Waals surface area (Å²) in [5, 5.41) is 25.3. The molecule has 1 aliphatic heterocycles. The molecule has 166 valence electrons. The third-order valence-corrected chi connectivity index (χ3v) is 6.46. The first kappa shape index (κ1) is 22.1. The predicted octanol–water partition coefficient (Wildman–Crippen LogP) is 2.40. The number of hydrogen-bond donors (Lipinski definition) is 3. The van der Waals surface area contributed by atoms with E-state index in [1.165, 1.54) is 17.0 Å². The van der Waals surface area contributed by atoms with Gasteiger partial charge in [0, 0.05) is 18.0 Å². The highest BCUT2D eigenvalue weighted by Crippen LogP contribution is 2.39. The largest absolute Gasteiger partial charge is 0.380 e. The zero-order chi connectivity index (χ0) is 22.7. The maximum absolute atomic E-state index is 13.9. The van der Waals surface area contributed by atoms with Gasteiger partial charge in [-0.25, -0.2) is 4.39 Å². The minimum atomic E-state index is -1.94. The van der Waals surface area contributed by atoms with Gasteiger partial charge < -0.3 is 20.4 Å². The Labute approximate surface area is 188 Å². The second kappa shape index (κ2) is 9.60. The molecule has 2 amide bonds. The Hall–Kier alpha value is -3.07. The number of fused-ring (bicyclic) bond motifs is 1. The summed E-state index contributed by atoms with van der Waals surface area (Å²) in [4.78, 5) is 27.9. The lowest BCUT2D eigenvalue weighted by Crippen LogP contribution is -2.50. The standard InChI is InChI=1S/C24H23FN2O4S/c25-17-7-3-6-15(13-17)20-19-9-2-1-5-16(19)14-27(20)24(31)22(29)21(28)23(30)26-11-10-18-8-4-12-32-18/h1-9,12-13,20-22,28-29H,10-11,14H2,(H,26,30)/t20-,21-,22-/m1/s1. The predicted molar refractivity (Wildman–Crippen MR) is 118 cm³/mol. The zero-order valence-corrected chi connectivity index (χ0v) is 18.0. The molecule has 32 heavy (non-hydrogen) atoms. The number of aliphatic hydroxyl groups is 2. The van der Waals surface area contributed by atoms with E-state index < -0.39 is 35.9 Å². The topological polar surface area (TPSA) is 89.9 Å². The maximum Gasteiger partial charge on any atom is 0.255 e. The molecule has 4 rings (SSSR count). The molecule has 2 aromatic carbocycles. The summed E-state index contributed by atoms with van der Waals surface area (Å²) in [7, 11) is 0. The average molecular weight is 455 g/mol. The van der Waals surface area contributed by atoms with Crippen molar-refractivity contribution >= 4 is 23.2 Å². The second-order valence-corrected chi connectivity index (χ2v) is 8.66. The first-order valence-corrected chi connectivity index (χ1v) is 11.1. The van der Waals surface area contributed by atoms with Crippen LogP contribution in [0.4, 0.5) is 4.39 Å². The second-order valence-electron chi connectivity index (χ2n) is 7.63. The Morgan fingerprint density at radius 2 is 1.91 bits per heavy atom. The average Bonchev–Trinajstić information content (AvgIpc) is 3.45. The van der Waals surface area contributed by atoms with Gasteiger partial charge in [-0.15, -0.1) is 11.3 Å². The van der Waals surface area contributed by atoms with E-state index >= 15 is 0 Å². The van der Waals surface area contributed by atoms with Crippen LogP contribution in [0.5, 0.6) is 0 Å². The molecule has 6 nitrogen and oxygen atoms in total. The highest BCUT2D eigenvalue weighted by Gasteiger charge is 2.40. The Balaban J connectivity index is 1.48. The molecule has 0 fully saturated rings. The molecule has 8 heteroatoms. The highest BCUT2D eigenvalue weighted by molar-refractivity contribution is 7.09. The summed E-state index contributed by atoms with van der Waals surface area (Å²) in [6.45, 7) is 0.457. The smallest absolute Gasteiger partial charge is 0.255 e. The first-order valence-electron chi connectivity index (χ1n) is 10.3. The minimum Gasteiger partial charge on any atom is -0.380 e. The number of carbonyl (C=O) groups excluding carboxylic acids is 2. The summed E-state index contributed by atoms with van der Waals surface area (Å²) in [5.74, 6) is -2.05. The Morgan fingerprint density at radius 3 is 2.66 bits per heavy atom. The van der Waals surface area contributed by atoms with E-state index in [0.29, 0.717) is 12.0 Å². The van der Waals surface area contributed by atoms with Gasteiger partial charge in [0.1, 0.15) is 5.82 Å². The van der Waals surface area contributed by atoms with Crippen molar-refractivity contribution in [2.75, 3.05) is 6.54 Å². The third kappa shape index (κ3) is 4.57. The van der Waals surface area contributed by atoms with Crippen molar-refractivity contribution < 1.29 is 24.2 Å². The van der Waals surface area contributed by atoms with Crippen LogP contribution in [0.2, 0.25) is 0 Å². The van der Waals surface area contributed by atoms with Crippen molar-refractivity contribution in [3.8, 4) is 0 Å². The fraction of sp³-hybridized carbons (Fsp3) is 0.250. The molecule has 0 saturated heterocycles. The van der Waals surface area contributed by atoms with Crippen molar-refractivity contribution in [2.45, 2.75) is 31.2 Å². The molecular weight excluding hydrogens is 431 g/mol. The normalized spacial score (nSPS) is 17.0. The Bertz CT molecular complexity index is 1100. The lowest BCUT2D eigenvalue weighted by atomic mass is 9.97. The van der Waals surface area contributed by atoms with E-state index in [0.717, 1.165) is 16.0 Å². The third-order valence-electron chi connectivity index (χ3n) is 5.52. The van der Waals surface area contributed by atoms with Gasteiger partial charge in [0.2, 0.25) is 0 Å². The minimum absolute atomic E-state index is 0.181. The lowest BCUT2D eigenvalue weighted by molar-refractivity contribution is -0.154. The SMILES string of the molecule is O=C(NCCc1cccs1)[C@H](O)[C@@H](O)C(=O)N1Cc2ccccc2[C@H]1c1cccc(F)c1. The van der Waals surface area contributed by atoms with E-state index in [-0.39, 0.29) is 13.1 Å². The maximum atomic E-state index is 13.9. The van der Waals surface area contributed by atoms with Gasteiger partial charge >= 0.3 is 0 Å². The highest BCUT2D eigenvalue weighted by atomic mass is 32.1. The number of nitrogens with one attached hydrogen (secondary N) is 1. The molecule has 0 saturated carbocycles. The lowest BCUT2D eigenvalue weighted by Gasteiger charge is -2.29. The molecule has 0 spiro atoms. The first-order chi connectivity index (χ1) is 15.5. The molecule has 0 aliphatic carbocycles. The molecule has 3 N–H and O–H groups in total. The summed E-state index contributed by atoms with van der Waals surface area (Å²) in [6.07, 6.45) is -3.27. The van der Waals surface area contributed by atoms with Gasteiger partial charge in [-0.05, 0) is 46.7 Å². The molecular formula is C24H23FN2O4S. The van der Waals surface area contributed by atoms with Gasteiger partial charge in [-0.3, -0.25) is 9.59 Å². The van der Waals surface area contributed by atoms with E-state index in [1.807, 2.05) is 41.8 Å². The molecule has 3 atom stereocenters. The summed E-state index contributed by atoms with van der Waals surface area (Å²) in [5.41, 5.74) is 2.22. The number of hydrogen-bond acceptors (Lipinski definition) is 5. The van der Waals surface area contributed by atoms with E-state index in [4.69, 9.17) is 0 Å². The number of nitrogens with zero attached hydrogens (tertiary/aromatic N) is 1. The van der Waals surface area contributed by atoms with Crippen molar-refractivity contribution in [1.29, 1.82) is 0 Å². The number of rotatable bonds is 7. The van der Waals surface area contributed by atoms with Crippen molar-refractivity contribution in [2.24, 2.45) is 0 Å². The number of halogens is 1. The number of carbonyl (C=O) groups is 2. The van der Waals surface area contributed by atoms with Gasteiger partial charge in [0.15, 0.2) is 12.2 Å². The number of aliphatic hydroxyl groups excluding tert-OH is 2. The molecule has 2 heterocycles. The summed E-state index contributed by atoms with van der Waals surface area (Å²) >= 11 is 1.55. The molecule has 0 radical (unpaired) electrons. The van der Waals surface area contributed by atoms with Crippen molar-refractivity contribution in [3.63, 3.8) is 0 Å². The molecule has 0 unspecified atom stereocenters. The number of thiophene rings is 1. The van der Waals surface area contributed by atoms with Crippen LogP contribution < -0.4 is 5.32 Å². The summed E-state index contributed by atoms with van der Waals surface area (Å²) < 4.78 is 13.9. The number of amides is 2. The van der Waals surface area contributed by atoms with Gasteiger partial charge in [-0.1, -0.05) is 42.5 Å². The van der Waals surface area contributed by atoms with E-state index in [1.54, 1.807) is 23.5 Å². The summed E-state index contributed by atoms with van der Waals surface area (Å²) in [6, 6.07) is 16.5. The monoisotopic (exact) mass is 454 g/mol. The van der Waals surface area contributed by atoms with Crippen LogP contribution in [0.25, 0.3) is 0 Å². The molecule has 3 aromatic rings. The van der Waals surface area contributed by atoms with E-state index in [9.17, 15) is 24.2 Å². The van der Waals surface area contributed by atoms with Gasteiger partial charge in [0.05, 0.1) is 6.04 Å². The number of benzene rings is 2. The van der Waals surface area contributed by atoms with Crippen LogP contribution in [-0.2, 0) is 22.6 Å². The van der Waals surface area contributed by atoms with Crippen LogP contribution in [-0.4, -0.2) is 45.7 Å². The molecule has 1 aliphatic rings. The Kier molecular flexibility index (Phi) is 6.64. The molecule has 0 bridgehead atoms. The van der Waals surface area contributed by atoms with Crippen LogP contribution in [0.3, 0.4) is 0 Å². The van der Waals surface area contributed by atoms with Crippen LogP contribution >= 0.6 is 11.3 Å². The zero-order valence-electron chi connectivity index (χ0n) is 17.1. The van der Waals surface area contributed by atoms with Crippen molar-refractivity contribution in [1.82, 2.24) is 10.2 Å². The van der Waals surface area contributed by atoms with Gasteiger partial charge in [0.25, 0.3) is 11.8 Å². The quantitative estimate of drug-likeness (QED) is 0.512. The van der Waals surface area contributed by atoms with Crippen LogP contribution in [0, 0.1) is 5.82 Å². The van der Waals surface area contributed by atoms with Gasteiger partial charge in [-0.2, -0.15) is 0 Å². The fourth-order valence-corrected chi connectivity index (χ4v) is 4.65. The fourth-order valence-electron chi connectivity index (χ4n) is 3.95. The molecule has 1 aromatic heterocycles. The van der Waals surface area contributed by atoms with Crippen molar-refractivity contribution in [3.05, 3.63) is 93.4 Å².